The first-order valence-corrected chi connectivity index (χ1v) is 6.12. The Hall–Kier alpha value is -0.880. The van der Waals surface area contributed by atoms with E-state index in [4.69, 9.17) is 5.11 Å². The lowest BCUT2D eigenvalue weighted by Gasteiger charge is -2.24. The predicted molar refractivity (Wildman–Crippen MR) is 62.9 cm³/mol. The minimum atomic E-state index is -0.968. The maximum atomic E-state index is 10.7. The summed E-state index contributed by atoms with van der Waals surface area (Å²) in [5.74, 6) is -0.968. The highest BCUT2D eigenvalue weighted by Crippen LogP contribution is 2.25. The number of hydrogen-bond donors (Lipinski definition) is 1. The van der Waals surface area contributed by atoms with Crippen LogP contribution in [0.15, 0.2) is 15.9 Å². The summed E-state index contributed by atoms with van der Waals surface area (Å²) >= 11 is 4.81. The summed E-state index contributed by atoms with van der Waals surface area (Å²) in [4.78, 5) is 16.8. The number of rotatable bonds is 2. The third kappa shape index (κ3) is 2.38. The Kier molecular flexibility index (Phi) is 3.06. The van der Waals surface area contributed by atoms with E-state index in [1.165, 1.54) is 11.3 Å². The van der Waals surface area contributed by atoms with Crippen LogP contribution < -0.4 is 4.90 Å². The van der Waals surface area contributed by atoms with Gasteiger partial charge in [-0.05, 0) is 6.42 Å². The summed E-state index contributed by atoms with van der Waals surface area (Å²) in [7, 11) is 0. The molecular weight excluding hydrogens is 280 g/mol. The molecule has 0 saturated carbocycles. The summed E-state index contributed by atoms with van der Waals surface area (Å²) in [6, 6.07) is 0. The summed E-state index contributed by atoms with van der Waals surface area (Å²) in [5.41, 5.74) is 0.126. The van der Waals surface area contributed by atoms with Gasteiger partial charge in [-0.25, -0.2) is 9.78 Å². The number of hydrogen-bond acceptors (Lipinski definition) is 4. The van der Waals surface area contributed by atoms with Gasteiger partial charge >= 0.3 is 5.97 Å². The van der Waals surface area contributed by atoms with E-state index in [9.17, 15) is 4.79 Å². The molecule has 6 heteroatoms. The van der Waals surface area contributed by atoms with Gasteiger partial charge in [0.1, 0.15) is 0 Å². The third-order valence-electron chi connectivity index (χ3n) is 2.09. The van der Waals surface area contributed by atoms with Crippen LogP contribution in [0.25, 0.3) is 0 Å². The van der Waals surface area contributed by atoms with E-state index in [1.54, 1.807) is 5.38 Å². The molecule has 1 aliphatic heterocycles. The van der Waals surface area contributed by atoms with Crippen molar-refractivity contribution in [2.45, 2.75) is 6.42 Å². The average Bonchev–Trinajstić information content (AvgIpc) is 2.66. The number of halogens is 1. The molecule has 1 aliphatic rings. The van der Waals surface area contributed by atoms with Gasteiger partial charge in [-0.1, -0.05) is 22.0 Å². The Balaban J connectivity index is 2.16. The lowest BCUT2D eigenvalue weighted by atomic mass is 10.3. The first-order chi connectivity index (χ1) is 7.16. The van der Waals surface area contributed by atoms with E-state index in [1.807, 2.05) is 0 Å². The number of thiazole rings is 1. The van der Waals surface area contributed by atoms with Crippen molar-refractivity contribution in [1.82, 2.24) is 4.98 Å². The van der Waals surface area contributed by atoms with E-state index < -0.39 is 5.97 Å². The number of anilines is 1. The third-order valence-corrected chi connectivity index (χ3v) is 3.56. The summed E-state index contributed by atoms with van der Waals surface area (Å²) in [6.07, 6.45) is 3.09. The molecule has 0 aromatic carbocycles. The van der Waals surface area contributed by atoms with E-state index in [-0.39, 0.29) is 5.69 Å². The van der Waals surface area contributed by atoms with Gasteiger partial charge in [-0.2, -0.15) is 0 Å². The molecule has 0 atom stereocenters. The fourth-order valence-electron chi connectivity index (χ4n) is 1.37. The number of aromatic carboxylic acids is 1. The van der Waals surface area contributed by atoms with Crippen molar-refractivity contribution in [3.05, 3.63) is 21.6 Å². The molecule has 15 heavy (non-hydrogen) atoms. The monoisotopic (exact) mass is 288 g/mol. The molecule has 1 N–H and O–H groups in total. The molecule has 0 saturated heterocycles. The van der Waals surface area contributed by atoms with Crippen LogP contribution in [0, 0.1) is 0 Å². The SMILES string of the molecule is O=C(O)c1csc(N2CCC=C(Br)C2)n1. The second-order valence-electron chi connectivity index (χ2n) is 3.18. The molecule has 0 amide bonds. The maximum Gasteiger partial charge on any atom is 0.355 e. The zero-order chi connectivity index (χ0) is 10.8. The van der Waals surface area contributed by atoms with Crippen LogP contribution in [0.4, 0.5) is 5.13 Å². The summed E-state index contributed by atoms with van der Waals surface area (Å²) in [5, 5.41) is 11.1. The van der Waals surface area contributed by atoms with Gasteiger partial charge in [0.2, 0.25) is 0 Å². The van der Waals surface area contributed by atoms with Gasteiger partial charge in [-0.15, -0.1) is 11.3 Å². The molecule has 1 aromatic heterocycles. The van der Waals surface area contributed by atoms with Crippen LogP contribution in [-0.2, 0) is 0 Å². The van der Waals surface area contributed by atoms with Crippen molar-refractivity contribution in [2.24, 2.45) is 0 Å². The van der Waals surface area contributed by atoms with Crippen molar-refractivity contribution >= 4 is 38.4 Å². The highest BCUT2D eigenvalue weighted by Gasteiger charge is 2.16. The maximum absolute atomic E-state index is 10.7. The van der Waals surface area contributed by atoms with E-state index in [0.717, 1.165) is 29.1 Å². The van der Waals surface area contributed by atoms with Crippen LogP contribution >= 0.6 is 27.3 Å². The normalized spacial score (nSPS) is 16.3. The fourth-order valence-corrected chi connectivity index (χ4v) is 2.73. The van der Waals surface area contributed by atoms with Gasteiger partial charge in [0.25, 0.3) is 0 Å². The zero-order valence-electron chi connectivity index (χ0n) is 7.81. The number of nitrogens with zero attached hydrogens (tertiary/aromatic N) is 2. The molecule has 0 unspecified atom stereocenters. The molecule has 0 bridgehead atoms. The highest BCUT2D eigenvalue weighted by molar-refractivity contribution is 9.11. The molecule has 80 valence electrons. The minimum Gasteiger partial charge on any atom is -0.476 e. The largest absolute Gasteiger partial charge is 0.476 e. The minimum absolute atomic E-state index is 0.126. The van der Waals surface area contributed by atoms with E-state index >= 15 is 0 Å². The smallest absolute Gasteiger partial charge is 0.355 e. The van der Waals surface area contributed by atoms with Crippen molar-refractivity contribution in [3.8, 4) is 0 Å². The van der Waals surface area contributed by atoms with Crippen LogP contribution in [0.5, 0.6) is 0 Å². The van der Waals surface area contributed by atoms with E-state index in [2.05, 4.69) is 31.9 Å². The lowest BCUT2D eigenvalue weighted by molar-refractivity contribution is 0.0691. The van der Waals surface area contributed by atoms with Gasteiger partial charge in [-0.3, -0.25) is 0 Å². The highest BCUT2D eigenvalue weighted by atomic mass is 79.9. The summed E-state index contributed by atoms with van der Waals surface area (Å²) < 4.78 is 1.13. The van der Waals surface area contributed by atoms with E-state index in [0.29, 0.717) is 0 Å². The average molecular weight is 289 g/mol. The first-order valence-electron chi connectivity index (χ1n) is 4.45. The van der Waals surface area contributed by atoms with Crippen molar-refractivity contribution in [3.63, 3.8) is 0 Å². The Morgan fingerprint density at radius 3 is 3.07 bits per heavy atom. The standard InChI is InChI=1S/C9H9BrN2O2S/c10-6-2-1-3-12(4-6)9-11-7(5-15-9)8(13)14/h2,5H,1,3-4H2,(H,13,14). The molecule has 2 rings (SSSR count). The Morgan fingerprint density at radius 2 is 2.47 bits per heavy atom. The molecule has 0 radical (unpaired) electrons. The molecular formula is C9H9BrN2O2S. The number of carboxylic acids is 1. The van der Waals surface area contributed by atoms with Gasteiger partial charge in [0.05, 0.1) is 6.54 Å². The van der Waals surface area contributed by atoms with Crippen molar-refractivity contribution in [1.29, 1.82) is 0 Å². The number of carbonyl (C=O) groups is 1. The van der Waals surface area contributed by atoms with Crippen LogP contribution in [0.3, 0.4) is 0 Å². The van der Waals surface area contributed by atoms with Crippen molar-refractivity contribution in [2.75, 3.05) is 18.0 Å². The Bertz CT molecular complexity index is 416. The molecule has 1 aromatic rings. The number of aromatic nitrogens is 1. The number of carboxylic acid groups (broad SMARTS) is 1. The zero-order valence-corrected chi connectivity index (χ0v) is 10.2. The molecule has 2 heterocycles. The molecule has 4 nitrogen and oxygen atoms in total. The van der Waals surface area contributed by atoms with Crippen LogP contribution in [0.2, 0.25) is 0 Å². The van der Waals surface area contributed by atoms with Gasteiger partial charge in [0, 0.05) is 16.4 Å². The second kappa shape index (κ2) is 4.32. The first kappa shape index (κ1) is 10.6. The summed E-state index contributed by atoms with van der Waals surface area (Å²) in [6.45, 7) is 1.66. The lowest BCUT2D eigenvalue weighted by Crippen LogP contribution is -2.28. The van der Waals surface area contributed by atoms with Crippen LogP contribution in [0.1, 0.15) is 16.9 Å². The predicted octanol–water partition coefficient (Wildman–Crippen LogP) is 2.33. The molecule has 0 spiro atoms. The second-order valence-corrected chi connectivity index (χ2v) is 5.04. The van der Waals surface area contributed by atoms with Crippen LogP contribution in [-0.4, -0.2) is 29.1 Å². The molecule has 0 fully saturated rings. The topological polar surface area (TPSA) is 53.4 Å². The molecule has 0 aliphatic carbocycles. The van der Waals surface area contributed by atoms with Gasteiger partial charge in [0.15, 0.2) is 10.8 Å². The van der Waals surface area contributed by atoms with Crippen molar-refractivity contribution < 1.29 is 9.90 Å². The quantitative estimate of drug-likeness (QED) is 0.908. The van der Waals surface area contributed by atoms with Gasteiger partial charge < -0.3 is 10.0 Å². The Labute approximate surface area is 99.4 Å². The fraction of sp³-hybridized carbons (Fsp3) is 0.333. The Morgan fingerprint density at radius 1 is 1.67 bits per heavy atom.